The number of carbonyl (C=O) groups excluding carboxylic acids is 1. The Morgan fingerprint density at radius 1 is 1.07 bits per heavy atom. The molecule has 0 bridgehead atoms. The normalized spacial score (nSPS) is 27.9. The SMILES string of the molecule is COC(=O)C1(O)CCC2(CCCC2)CC1. The van der Waals surface area contributed by atoms with Crippen molar-refractivity contribution in [3.8, 4) is 0 Å². The van der Waals surface area contributed by atoms with Crippen LogP contribution in [0, 0.1) is 5.41 Å². The Balaban J connectivity index is 1.99. The van der Waals surface area contributed by atoms with Crippen LogP contribution in [0.1, 0.15) is 51.4 Å². The molecular weight excluding hydrogens is 192 g/mol. The van der Waals surface area contributed by atoms with Crippen molar-refractivity contribution in [3.05, 3.63) is 0 Å². The van der Waals surface area contributed by atoms with Crippen molar-refractivity contribution in [2.75, 3.05) is 7.11 Å². The fourth-order valence-corrected chi connectivity index (χ4v) is 3.21. The Kier molecular flexibility index (Phi) is 2.75. The van der Waals surface area contributed by atoms with Gasteiger partial charge >= 0.3 is 5.97 Å². The molecule has 1 spiro atoms. The molecule has 2 fully saturated rings. The fourth-order valence-electron chi connectivity index (χ4n) is 3.21. The summed E-state index contributed by atoms with van der Waals surface area (Å²) in [7, 11) is 1.35. The van der Waals surface area contributed by atoms with E-state index in [9.17, 15) is 9.90 Å². The molecule has 15 heavy (non-hydrogen) atoms. The van der Waals surface area contributed by atoms with Crippen molar-refractivity contribution in [2.45, 2.75) is 57.0 Å². The summed E-state index contributed by atoms with van der Waals surface area (Å²) in [5, 5.41) is 10.1. The van der Waals surface area contributed by atoms with Gasteiger partial charge in [-0.3, -0.25) is 0 Å². The molecule has 0 unspecified atom stereocenters. The zero-order valence-corrected chi connectivity index (χ0v) is 9.42. The molecule has 0 atom stereocenters. The number of ether oxygens (including phenoxy) is 1. The van der Waals surface area contributed by atoms with Crippen molar-refractivity contribution in [1.82, 2.24) is 0 Å². The molecule has 0 aromatic rings. The predicted octanol–water partition coefficient (Wildman–Crippen LogP) is 2.02. The molecule has 0 saturated heterocycles. The first-order chi connectivity index (χ1) is 7.10. The zero-order chi connectivity index (χ0) is 10.9. The first-order valence-corrected chi connectivity index (χ1v) is 5.91. The maximum atomic E-state index is 11.4. The maximum absolute atomic E-state index is 11.4. The van der Waals surface area contributed by atoms with Crippen molar-refractivity contribution < 1.29 is 14.6 Å². The summed E-state index contributed by atoms with van der Waals surface area (Å²) in [4.78, 5) is 11.4. The predicted molar refractivity (Wildman–Crippen MR) is 56.3 cm³/mol. The molecule has 2 aliphatic rings. The summed E-state index contributed by atoms with van der Waals surface area (Å²) in [6.45, 7) is 0. The van der Waals surface area contributed by atoms with Crippen LogP contribution in [0.2, 0.25) is 0 Å². The second-order valence-electron chi connectivity index (χ2n) is 5.23. The molecule has 0 aromatic carbocycles. The van der Waals surface area contributed by atoms with Gasteiger partial charge in [0.1, 0.15) is 0 Å². The van der Waals surface area contributed by atoms with Gasteiger partial charge < -0.3 is 9.84 Å². The lowest BCUT2D eigenvalue weighted by Crippen LogP contribution is -2.45. The fraction of sp³-hybridized carbons (Fsp3) is 0.917. The van der Waals surface area contributed by atoms with Crippen LogP contribution in [0.25, 0.3) is 0 Å². The van der Waals surface area contributed by atoms with Gasteiger partial charge in [-0.2, -0.15) is 0 Å². The van der Waals surface area contributed by atoms with E-state index in [4.69, 9.17) is 0 Å². The third kappa shape index (κ3) is 1.89. The van der Waals surface area contributed by atoms with Crippen LogP contribution in [-0.2, 0) is 9.53 Å². The summed E-state index contributed by atoms with van der Waals surface area (Å²) < 4.78 is 4.65. The van der Waals surface area contributed by atoms with E-state index in [2.05, 4.69) is 4.74 Å². The van der Waals surface area contributed by atoms with E-state index in [-0.39, 0.29) is 0 Å². The van der Waals surface area contributed by atoms with Gasteiger partial charge in [0.15, 0.2) is 5.60 Å². The van der Waals surface area contributed by atoms with Crippen LogP contribution in [0.4, 0.5) is 0 Å². The van der Waals surface area contributed by atoms with Gasteiger partial charge in [0.25, 0.3) is 0 Å². The summed E-state index contributed by atoms with van der Waals surface area (Å²) in [6, 6.07) is 0. The number of esters is 1. The number of rotatable bonds is 1. The Morgan fingerprint density at radius 3 is 2.07 bits per heavy atom. The van der Waals surface area contributed by atoms with E-state index < -0.39 is 11.6 Å². The Morgan fingerprint density at radius 2 is 1.60 bits per heavy atom. The Hall–Kier alpha value is -0.570. The van der Waals surface area contributed by atoms with Crippen molar-refractivity contribution in [1.29, 1.82) is 0 Å². The summed E-state index contributed by atoms with van der Waals surface area (Å²) in [5.41, 5.74) is -0.747. The average molecular weight is 212 g/mol. The summed E-state index contributed by atoms with van der Waals surface area (Å²) in [5.74, 6) is -0.449. The Bertz CT molecular complexity index is 244. The highest BCUT2D eigenvalue weighted by atomic mass is 16.5. The van der Waals surface area contributed by atoms with E-state index in [0.29, 0.717) is 18.3 Å². The van der Waals surface area contributed by atoms with Gasteiger partial charge in [-0.25, -0.2) is 4.79 Å². The highest BCUT2D eigenvalue weighted by Crippen LogP contribution is 2.51. The number of hydrogen-bond acceptors (Lipinski definition) is 3. The zero-order valence-electron chi connectivity index (χ0n) is 9.42. The second-order valence-corrected chi connectivity index (χ2v) is 5.23. The lowest BCUT2D eigenvalue weighted by atomic mass is 9.68. The monoisotopic (exact) mass is 212 g/mol. The second kappa shape index (κ2) is 3.78. The molecule has 2 rings (SSSR count). The molecule has 0 aliphatic heterocycles. The molecule has 0 aromatic heterocycles. The van der Waals surface area contributed by atoms with E-state index in [0.717, 1.165) is 12.8 Å². The molecule has 0 heterocycles. The van der Waals surface area contributed by atoms with Gasteiger partial charge in [0, 0.05) is 0 Å². The maximum Gasteiger partial charge on any atom is 0.337 e. The highest BCUT2D eigenvalue weighted by molar-refractivity contribution is 5.79. The third-order valence-electron chi connectivity index (χ3n) is 4.37. The summed E-state index contributed by atoms with van der Waals surface area (Å²) >= 11 is 0. The largest absolute Gasteiger partial charge is 0.467 e. The molecule has 2 saturated carbocycles. The van der Waals surface area contributed by atoms with Gasteiger partial charge in [-0.1, -0.05) is 12.8 Å². The molecule has 1 N–H and O–H groups in total. The smallest absolute Gasteiger partial charge is 0.337 e. The van der Waals surface area contributed by atoms with Crippen LogP contribution in [-0.4, -0.2) is 23.8 Å². The lowest BCUT2D eigenvalue weighted by Gasteiger charge is -2.40. The Labute approximate surface area is 90.8 Å². The average Bonchev–Trinajstić information content (AvgIpc) is 2.71. The molecule has 3 heteroatoms. The minimum Gasteiger partial charge on any atom is -0.467 e. The van der Waals surface area contributed by atoms with Gasteiger partial charge in [-0.05, 0) is 43.9 Å². The van der Waals surface area contributed by atoms with E-state index >= 15 is 0 Å². The number of carbonyl (C=O) groups is 1. The highest BCUT2D eigenvalue weighted by Gasteiger charge is 2.47. The minimum absolute atomic E-state index is 0.445. The topological polar surface area (TPSA) is 46.5 Å². The van der Waals surface area contributed by atoms with Gasteiger partial charge in [-0.15, -0.1) is 0 Å². The third-order valence-corrected chi connectivity index (χ3v) is 4.37. The lowest BCUT2D eigenvalue weighted by molar-refractivity contribution is -0.168. The van der Waals surface area contributed by atoms with E-state index in [1.165, 1.54) is 32.8 Å². The molecule has 0 radical (unpaired) electrons. The molecule has 3 nitrogen and oxygen atoms in total. The first-order valence-electron chi connectivity index (χ1n) is 5.91. The quantitative estimate of drug-likeness (QED) is 0.676. The van der Waals surface area contributed by atoms with E-state index in [1.807, 2.05) is 0 Å². The van der Waals surface area contributed by atoms with Crippen molar-refractivity contribution in [2.24, 2.45) is 5.41 Å². The molecular formula is C12H20O3. The van der Waals surface area contributed by atoms with Crippen molar-refractivity contribution in [3.63, 3.8) is 0 Å². The summed E-state index contributed by atoms with van der Waals surface area (Å²) in [6.07, 6.45) is 8.33. The molecule has 0 amide bonds. The van der Waals surface area contributed by atoms with Crippen LogP contribution in [0.5, 0.6) is 0 Å². The van der Waals surface area contributed by atoms with Gasteiger partial charge in [0.05, 0.1) is 7.11 Å². The van der Waals surface area contributed by atoms with Crippen molar-refractivity contribution >= 4 is 5.97 Å². The standard InChI is InChI=1S/C12H20O3/c1-15-10(13)12(14)8-6-11(7-9-12)4-2-3-5-11/h14H,2-9H2,1H3. The van der Waals surface area contributed by atoms with Crippen LogP contribution in [0.3, 0.4) is 0 Å². The number of hydrogen-bond donors (Lipinski definition) is 1. The van der Waals surface area contributed by atoms with E-state index in [1.54, 1.807) is 0 Å². The molecule has 86 valence electrons. The van der Waals surface area contributed by atoms with Crippen LogP contribution >= 0.6 is 0 Å². The van der Waals surface area contributed by atoms with Crippen LogP contribution < -0.4 is 0 Å². The number of methoxy groups -OCH3 is 1. The molecule has 2 aliphatic carbocycles. The van der Waals surface area contributed by atoms with Gasteiger partial charge in [0.2, 0.25) is 0 Å². The van der Waals surface area contributed by atoms with Crippen LogP contribution in [0.15, 0.2) is 0 Å². The first kappa shape index (κ1) is 10.9. The number of aliphatic hydroxyl groups is 1. The minimum atomic E-state index is -1.19.